The number of benzene rings is 2. The van der Waals surface area contributed by atoms with Gasteiger partial charge in [0.15, 0.2) is 11.0 Å². The Balaban J connectivity index is 1.60. The van der Waals surface area contributed by atoms with Crippen molar-refractivity contribution in [3.8, 4) is 22.9 Å². The number of methoxy groups -OCH3 is 2. The molecule has 1 N–H and O–H groups in total. The number of carbonyl (C=O) groups is 1. The average Bonchev–Trinajstić information content (AvgIpc) is 3.21. The van der Waals surface area contributed by atoms with Crippen molar-refractivity contribution in [3.05, 3.63) is 53.1 Å². The molecular weight excluding hydrogens is 438 g/mol. The van der Waals surface area contributed by atoms with Crippen LogP contribution in [0.4, 0.5) is 0 Å². The van der Waals surface area contributed by atoms with E-state index in [2.05, 4.69) is 20.7 Å². The second-order valence-electron chi connectivity index (χ2n) is 6.25. The molecule has 3 rings (SSSR count). The van der Waals surface area contributed by atoms with Gasteiger partial charge in [-0.05, 0) is 43.3 Å². The molecule has 8 nitrogen and oxygen atoms in total. The average molecular weight is 460 g/mol. The highest BCUT2D eigenvalue weighted by Crippen LogP contribution is 2.25. The molecule has 162 valence electrons. The Labute approximate surface area is 189 Å². The highest BCUT2D eigenvalue weighted by Gasteiger charge is 2.14. The summed E-state index contributed by atoms with van der Waals surface area (Å²) in [6.45, 7) is 2.67. The molecule has 0 saturated carbocycles. The summed E-state index contributed by atoms with van der Waals surface area (Å²) in [5, 5.41) is 13.8. The predicted molar refractivity (Wildman–Crippen MR) is 122 cm³/mol. The van der Waals surface area contributed by atoms with Gasteiger partial charge < -0.3 is 14.0 Å². The molecule has 3 aromatic rings. The Bertz CT molecular complexity index is 1070. The van der Waals surface area contributed by atoms with E-state index >= 15 is 0 Å². The van der Waals surface area contributed by atoms with Gasteiger partial charge in [-0.1, -0.05) is 23.4 Å². The maximum absolute atomic E-state index is 12.2. The van der Waals surface area contributed by atoms with Crippen LogP contribution in [-0.2, 0) is 11.3 Å². The minimum Gasteiger partial charge on any atom is -0.497 e. The second-order valence-corrected chi connectivity index (χ2v) is 7.63. The predicted octanol–water partition coefficient (Wildman–Crippen LogP) is 3.88. The fourth-order valence-electron chi connectivity index (χ4n) is 2.75. The van der Waals surface area contributed by atoms with Crippen molar-refractivity contribution in [2.24, 2.45) is 5.10 Å². The molecule has 0 fully saturated rings. The van der Waals surface area contributed by atoms with Crippen LogP contribution in [-0.4, -0.2) is 46.9 Å². The SMILES string of the molecule is CCn1c(SCC(=O)N/N=C\c2ccc(OC)cc2OC)nnc1-c1ccc(Cl)cc1. The van der Waals surface area contributed by atoms with E-state index in [0.29, 0.717) is 28.2 Å². The molecular formula is C21H22ClN5O3S. The van der Waals surface area contributed by atoms with Gasteiger partial charge >= 0.3 is 0 Å². The Morgan fingerprint density at radius 1 is 1.19 bits per heavy atom. The number of rotatable bonds is 9. The minimum absolute atomic E-state index is 0.149. The Hall–Kier alpha value is -3.04. The first kappa shape index (κ1) is 22.6. The lowest BCUT2D eigenvalue weighted by Gasteiger charge is -2.07. The number of nitrogens with one attached hydrogen (secondary N) is 1. The van der Waals surface area contributed by atoms with E-state index < -0.39 is 0 Å². The lowest BCUT2D eigenvalue weighted by atomic mass is 10.2. The number of carbonyl (C=O) groups excluding carboxylic acids is 1. The van der Waals surface area contributed by atoms with Crippen LogP contribution in [0.15, 0.2) is 52.7 Å². The molecule has 0 unspecified atom stereocenters. The fraction of sp³-hybridized carbons (Fsp3) is 0.238. The molecule has 10 heteroatoms. The molecule has 0 aliphatic rings. The third kappa shape index (κ3) is 5.77. The summed E-state index contributed by atoms with van der Waals surface area (Å²) in [4.78, 5) is 12.2. The molecule has 0 radical (unpaired) electrons. The normalized spacial score (nSPS) is 11.0. The summed E-state index contributed by atoms with van der Waals surface area (Å²) in [6.07, 6.45) is 1.52. The van der Waals surface area contributed by atoms with Crippen molar-refractivity contribution in [3.63, 3.8) is 0 Å². The van der Waals surface area contributed by atoms with E-state index in [-0.39, 0.29) is 11.7 Å². The molecule has 1 amide bonds. The molecule has 1 heterocycles. The number of aromatic nitrogens is 3. The van der Waals surface area contributed by atoms with Crippen molar-refractivity contribution in [1.29, 1.82) is 0 Å². The van der Waals surface area contributed by atoms with Gasteiger partial charge in [0.05, 0.1) is 26.2 Å². The van der Waals surface area contributed by atoms with Crippen LogP contribution in [0.3, 0.4) is 0 Å². The maximum atomic E-state index is 12.2. The minimum atomic E-state index is -0.257. The first-order chi connectivity index (χ1) is 15.0. The van der Waals surface area contributed by atoms with Crippen LogP contribution in [0.2, 0.25) is 5.02 Å². The molecule has 0 atom stereocenters. The Kier molecular flexibility index (Phi) is 7.91. The number of halogens is 1. The van der Waals surface area contributed by atoms with E-state index in [1.54, 1.807) is 32.4 Å². The standard InChI is InChI=1S/C21H22ClN5O3S/c1-4-27-20(14-5-8-16(22)9-6-14)25-26-21(27)31-13-19(28)24-23-12-15-7-10-17(29-2)11-18(15)30-3/h5-12H,4,13H2,1-3H3,(H,24,28)/b23-12-. The number of hydrogen-bond donors (Lipinski definition) is 1. The molecule has 0 spiro atoms. The van der Waals surface area contributed by atoms with Crippen LogP contribution >= 0.6 is 23.4 Å². The Morgan fingerprint density at radius 2 is 1.97 bits per heavy atom. The maximum Gasteiger partial charge on any atom is 0.250 e. The zero-order valence-corrected chi connectivity index (χ0v) is 18.9. The summed E-state index contributed by atoms with van der Waals surface area (Å²) < 4.78 is 12.4. The third-order valence-electron chi connectivity index (χ3n) is 4.30. The van der Waals surface area contributed by atoms with Crippen LogP contribution in [0, 0.1) is 0 Å². The van der Waals surface area contributed by atoms with Crippen molar-refractivity contribution < 1.29 is 14.3 Å². The van der Waals surface area contributed by atoms with Gasteiger partial charge in [-0.25, -0.2) is 5.43 Å². The zero-order chi connectivity index (χ0) is 22.2. The van der Waals surface area contributed by atoms with Crippen LogP contribution in [0.1, 0.15) is 12.5 Å². The number of ether oxygens (including phenoxy) is 2. The Morgan fingerprint density at radius 3 is 2.65 bits per heavy atom. The van der Waals surface area contributed by atoms with Crippen molar-refractivity contribution >= 4 is 35.5 Å². The third-order valence-corrected chi connectivity index (χ3v) is 5.52. The van der Waals surface area contributed by atoms with Crippen LogP contribution < -0.4 is 14.9 Å². The molecule has 31 heavy (non-hydrogen) atoms. The first-order valence-electron chi connectivity index (χ1n) is 9.41. The van der Waals surface area contributed by atoms with Crippen molar-refractivity contribution in [2.75, 3.05) is 20.0 Å². The van der Waals surface area contributed by atoms with Gasteiger partial charge in [0.25, 0.3) is 5.91 Å². The zero-order valence-electron chi connectivity index (χ0n) is 17.3. The number of hydrazone groups is 1. The highest BCUT2D eigenvalue weighted by atomic mass is 35.5. The number of thioether (sulfide) groups is 1. The number of nitrogens with zero attached hydrogens (tertiary/aromatic N) is 4. The topological polar surface area (TPSA) is 90.6 Å². The van der Waals surface area contributed by atoms with Gasteiger partial charge in [-0.2, -0.15) is 5.10 Å². The summed E-state index contributed by atoms with van der Waals surface area (Å²) in [7, 11) is 3.14. The van der Waals surface area contributed by atoms with Crippen molar-refractivity contribution in [1.82, 2.24) is 20.2 Å². The molecule has 0 bridgehead atoms. The molecule has 2 aromatic carbocycles. The van der Waals surface area contributed by atoms with Gasteiger partial charge in [-0.15, -0.1) is 10.2 Å². The monoisotopic (exact) mass is 459 g/mol. The lowest BCUT2D eigenvalue weighted by molar-refractivity contribution is -0.118. The molecule has 0 aliphatic carbocycles. The lowest BCUT2D eigenvalue weighted by Crippen LogP contribution is -2.20. The smallest absolute Gasteiger partial charge is 0.250 e. The molecule has 0 aliphatic heterocycles. The second kappa shape index (κ2) is 10.8. The van der Waals surface area contributed by atoms with E-state index in [0.717, 1.165) is 17.0 Å². The van der Waals surface area contributed by atoms with Crippen molar-refractivity contribution in [2.45, 2.75) is 18.6 Å². The van der Waals surface area contributed by atoms with E-state index in [1.165, 1.54) is 18.0 Å². The number of amides is 1. The fourth-order valence-corrected chi connectivity index (χ4v) is 3.68. The van der Waals surface area contributed by atoms with E-state index in [1.807, 2.05) is 35.8 Å². The van der Waals surface area contributed by atoms with E-state index in [9.17, 15) is 4.79 Å². The molecule has 1 aromatic heterocycles. The highest BCUT2D eigenvalue weighted by molar-refractivity contribution is 7.99. The summed E-state index contributed by atoms with van der Waals surface area (Å²) in [5.74, 6) is 1.89. The van der Waals surface area contributed by atoms with Gasteiger partial charge in [0, 0.05) is 28.8 Å². The molecule has 0 saturated heterocycles. The van der Waals surface area contributed by atoms with Crippen LogP contribution in [0.25, 0.3) is 11.4 Å². The summed E-state index contributed by atoms with van der Waals surface area (Å²) in [5.41, 5.74) is 4.14. The van der Waals surface area contributed by atoms with E-state index in [4.69, 9.17) is 21.1 Å². The summed E-state index contributed by atoms with van der Waals surface area (Å²) in [6, 6.07) is 12.7. The van der Waals surface area contributed by atoms with Gasteiger partial charge in [0.1, 0.15) is 11.5 Å². The van der Waals surface area contributed by atoms with Crippen LogP contribution in [0.5, 0.6) is 11.5 Å². The number of hydrogen-bond acceptors (Lipinski definition) is 7. The summed E-state index contributed by atoms with van der Waals surface area (Å²) >= 11 is 7.25. The quantitative estimate of drug-likeness (QED) is 0.296. The van der Waals surface area contributed by atoms with Gasteiger partial charge in [0.2, 0.25) is 0 Å². The van der Waals surface area contributed by atoms with Gasteiger partial charge in [-0.3, -0.25) is 4.79 Å². The first-order valence-corrected chi connectivity index (χ1v) is 10.8. The largest absolute Gasteiger partial charge is 0.497 e.